The van der Waals surface area contributed by atoms with Crippen molar-refractivity contribution in [1.82, 2.24) is 28.9 Å². The fourth-order valence-electron chi connectivity index (χ4n) is 7.83. The molecule has 14 nitrogen and oxygen atoms in total. The molecule has 0 atom stereocenters. The quantitative estimate of drug-likeness (QED) is 0.0220. The lowest BCUT2D eigenvalue weighted by molar-refractivity contribution is -0.140. The predicted molar refractivity (Wildman–Crippen MR) is 262 cm³/mol. The van der Waals surface area contributed by atoms with Crippen molar-refractivity contribution in [2.24, 2.45) is 0 Å². The monoisotopic (exact) mass is 951 g/mol. The van der Waals surface area contributed by atoms with Gasteiger partial charge in [0.15, 0.2) is 0 Å². The topological polar surface area (TPSA) is 173 Å². The number of fused-ring (bicyclic) bond motifs is 2. The van der Waals surface area contributed by atoms with Crippen LogP contribution >= 0.6 is 11.9 Å². The first kappa shape index (κ1) is 49.3. The van der Waals surface area contributed by atoms with Crippen LogP contribution in [0.3, 0.4) is 0 Å². The Morgan fingerprint density at radius 2 is 1.71 bits per heavy atom. The summed E-state index contributed by atoms with van der Waals surface area (Å²) in [5.74, 6) is 7.01. The predicted octanol–water partition coefficient (Wildman–Crippen LogP) is 9.08. The number of halogens is 3. The molecule has 0 aliphatic heterocycles. The van der Waals surface area contributed by atoms with E-state index in [9.17, 15) is 18.0 Å². The van der Waals surface area contributed by atoms with E-state index in [1.54, 1.807) is 55.7 Å². The van der Waals surface area contributed by atoms with Crippen molar-refractivity contribution in [3.63, 3.8) is 0 Å². The van der Waals surface area contributed by atoms with E-state index < -0.39 is 12.7 Å². The van der Waals surface area contributed by atoms with Crippen molar-refractivity contribution in [2.45, 2.75) is 57.3 Å². The summed E-state index contributed by atoms with van der Waals surface area (Å²) < 4.78 is 68.0. The van der Waals surface area contributed by atoms with Gasteiger partial charge in [-0.2, -0.15) is 13.2 Å². The maximum Gasteiger partial charge on any atom is 0.406 e. The Balaban J connectivity index is 0.748. The zero-order chi connectivity index (χ0) is 48.2. The second kappa shape index (κ2) is 22.9. The summed E-state index contributed by atoms with van der Waals surface area (Å²) in [7, 11) is 3.59. The summed E-state index contributed by atoms with van der Waals surface area (Å²) in [6.45, 7) is 6.93. The Kier molecular flexibility index (Phi) is 16.6. The lowest BCUT2D eigenvalue weighted by atomic mass is 10.0. The number of carbonyl (C=O) groups is 1. The van der Waals surface area contributed by atoms with E-state index in [0.29, 0.717) is 90.7 Å². The van der Waals surface area contributed by atoms with Crippen LogP contribution in [0.5, 0.6) is 5.75 Å². The smallest absolute Gasteiger partial charge is 0.406 e. The average Bonchev–Trinajstić information content (AvgIpc) is 3.99. The van der Waals surface area contributed by atoms with Crippen molar-refractivity contribution in [2.75, 3.05) is 77.0 Å². The van der Waals surface area contributed by atoms with E-state index >= 15 is 0 Å². The minimum atomic E-state index is -4.41. The molecule has 0 saturated heterocycles. The summed E-state index contributed by atoms with van der Waals surface area (Å²) in [6, 6.07) is 23.8. The van der Waals surface area contributed by atoms with Crippen molar-refractivity contribution in [1.29, 1.82) is 0 Å². The fraction of sp³-hybridized carbons (Fsp3) is 0.340. The molecule has 358 valence electrons. The van der Waals surface area contributed by atoms with Gasteiger partial charge in [-0.05, 0) is 130 Å². The molecule has 0 bridgehead atoms. The number of ether oxygens (including phenoxy) is 3. The summed E-state index contributed by atoms with van der Waals surface area (Å²) >= 11 is 1.58. The molecular formula is C50H56F3N9O5S. The van der Waals surface area contributed by atoms with Gasteiger partial charge in [0.1, 0.15) is 23.6 Å². The van der Waals surface area contributed by atoms with Crippen LogP contribution in [-0.2, 0) is 22.6 Å². The number of nitrogens with one attached hydrogen (secondary N) is 2. The number of nitrogens with two attached hydrogens (primary N) is 2. The zero-order valence-electron chi connectivity index (χ0n) is 38.5. The van der Waals surface area contributed by atoms with Crippen LogP contribution in [0.25, 0.3) is 33.1 Å². The van der Waals surface area contributed by atoms with Gasteiger partial charge in [-0.3, -0.25) is 4.79 Å². The van der Waals surface area contributed by atoms with Crippen LogP contribution in [0.4, 0.5) is 30.2 Å². The first-order valence-electron chi connectivity index (χ1n) is 22.2. The van der Waals surface area contributed by atoms with Crippen LogP contribution in [0, 0.1) is 25.7 Å². The Morgan fingerprint density at radius 1 is 0.926 bits per heavy atom. The molecule has 0 saturated carbocycles. The standard InChI is InChI=1S/C50H56F3N9O5S/c1-33-47(34(2)67-59-33)37-26-42(55)48-45(27-37)61(32-58-48)30-35-11-5-12-36(25-35)49(63)57-19-8-21-65-23-10-24-66-22-9-20-60(3)68-39-16-17-43(46(29-39)64-4)56-18-7-13-38-28-40-41(54)14-6-15-44(40)62(38)31-50(51,52)53/h5-6,11-12,14-17,25-29,32,56H,8-10,18-24,30-31,54-55H2,1-4H3,(H,57,63). The Bertz CT molecular complexity index is 2880. The fourth-order valence-corrected chi connectivity index (χ4v) is 8.70. The first-order valence-corrected chi connectivity index (χ1v) is 23.0. The van der Waals surface area contributed by atoms with Gasteiger partial charge in [0.2, 0.25) is 0 Å². The molecule has 0 spiro atoms. The molecule has 0 aliphatic rings. The minimum absolute atomic E-state index is 0.141. The average molecular weight is 952 g/mol. The molecule has 4 aromatic carbocycles. The number of nitrogen functional groups attached to an aromatic ring is 2. The third kappa shape index (κ3) is 12.9. The van der Waals surface area contributed by atoms with E-state index in [1.807, 2.05) is 74.0 Å². The SMILES string of the molecule is COc1cc(SN(C)CCCOCCCOCCCNC(=O)c2cccc(Cn3cnc4c(N)cc(-c5c(C)noc5C)cc43)c2)ccc1NCC#Cc1cc2c(N)cccc2n1CC(F)(F)F. The molecule has 1 amide bonds. The minimum Gasteiger partial charge on any atom is -0.495 e. The van der Waals surface area contributed by atoms with Gasteiger partial charge in [-0.15, -0.1) is 0 Å². The van der Waals surface area contributed by atoms with Crippen molar-refractivity contribution in [3.8, 4) is 28.7 Å². The van der Waals surface area contributed by atoms with E-state index in [1.165, 1.54) is 0 Å². The highest BCUT2D eigenvalue weighted by Crippen LogP contribution is 2.34. The summed E-state index contributed by atoms with van der Waals surface area (Å²) in [5.41, 5.74) is 20.5. The number of aryl methyl sites for hydroxylation is 2. The molecule has 0 unspecified atom stereocenters. The van der Waals surface area contributed by atoms with E-state index in [0.717, 1.165) is 62.5 Å². The van der Waals surface area contributed by atoms with E-state index in [2.05, 4.69) is 36.9 Å². The Hall–Kier alpha value is -6.65. The van der Waals surface area contributed by atoms with E-state index in [-0.39, 0.29) is 18.1 Å². The summed E-state index contributed by atoms with van der Waals surface area (Å²) in [5, 5.41) is 10.8. The molecule has 7 aromatic rings. The van der Waals surface area contributed by atoms with Gasteiger partial charge in [0.05, 0.1) is 53.8 Å². The normalized spacial score (nSPS) is 11.6. The second-order valence-electron chi connectivity index (χ2n) is 16.2. The number of aromatic nitrogens is 4. The largest absolute Gasteiger partial charge is 0.495 e. The van der Waals surface area contributed by atoms with Crippen molar-refractivity contribution in [3.05, 3.63) is 113 Å². The van der Waals surface area contributed by atoms with Crippen LogP contribution in [0.15, 0.2) is 94.6 Å². The number of hydrogen-bond acceptors (Lipinski definition) is 12. The van der Waals surface area contributed by atoms with E-state index in [4.69, 9.17) is 30.2 Å². The summed E-state index contributed by atoms with van der Waals surface area (Å²) in [4.78, 5) is 18.5. The number of amides is 1. The summed E-state index contributed by atoms with van der Waals surface area (Å²) in [6.07, 6.45) is -0.344. The van der Waals surface area contributed by atoms with Gasteiger partial charge in [0, 0.05) is 73.2 Å². The third-order valence-corrected chi connectivity index (χ3v) is 12.0. The molecule has 3 aromatic heterocycles. The van der Waals surface area contributed by atoms with Gasteiger partial charge in [-0.1, -0.05) is 29.3 Å². The van der Waals surface area contributed by atoms with Gasteiger partial charge in [0.25, 0.3) is 5.91 Å². The van der Waals surface area contributed by atoms with Gasteiger partial charge >= 0.3 is 6.18 Å². The van der Waals surface area contributed by atoms with Gasteiger partial charge < -0.3 is 50.0 Å². The number of methoxy groups -OCH3 is 1. The highest BCUT2D eigenvalue weighted by atomic mass is 32.2. The molecular weight excluding hydrogens is 896 g/mol. The molecule has 6 N–H and O–H groups in total. The number of rotatable bonds is 22. The van der Waals surface area contributed by atoms with Crippen LogP contribution in [0.2, 0.25) is 0 Å². The third-order valence-electron chi connectivity index (χ3n) is 11.0. The molecule has 7 rings (SSSR count). The number of carbonyl (C=O) groups excluding carboxylic acids is 1. The number of imidazole rings is 1. The van der Waals surface area contributed by atoms with Crippen LogP contribution in [-0.4, -0.2) is 95.9 Å². The highest BCUT2D eigenvalue weighted by molar-refractivity contribution is 7.97. The Morgan fingerprint density at radius 3 is 2.47 bits per heavy atom. The highest BCUT2D eigenvalue weighted by Gasteiger charge is 2.30. The van der Waals surface area contributed by atoms with Crippen molar-refractivity contribution < 1.29 is 36.7 Å². The second-order valence-corrected chi connectivity index (χ2v) is 17.5. The van der Waals surface area contributed by atoms with Crippen molar-refractivity contribution >= 4 is 56.9 Å². The number of benzene rings is 4. The number of hydrogen-bond donors (Lipinski definition) is 4. The van der Waals surface area contributed by atoms with Crippen LogP contribution in [0.1, 0.15) is 52.3 Å². The first-order chi connectivity index (χ1) is 32.8. The molecule has 0 fully saturated rings. The van der Waals surface area contributed by atoms with Gasteiger partial charge in [-0.25, -0.2) is 9.29 Å². The Labute approximate surface area is 397 Å². The number of nitrogens with zero attached hydrogens (tertiary/aromatic N) is 5. The maximum absolute atomic E-state index is 13.4. The number of anilines is 3. The molecule has 68 heavy (non-hydrogen) atoms. The molecule has 3 heterocycles. The van der Waals surface area contributed by atoms with Crippen LogP contribution < -0.4 is 26.8 Å². The molecule has 0 aliphatic carbocycles. The maximum atomic E-state index is 13.4. The lowest BCUT2D eigenvalue weighted by Gasteiger charge is -2.17. The number of alkyl halides is 3. The zero-order valence-corrected chi connectivity index (χ0v) is 39.4. The molecule has 18 heteroatoms. The molecule has 0 radical (unpaired) electrons. The lowest BCUT2D eigenvalue weighted by Crippen LogP contribution is -2.25.